The van der Waals surface area contributed by atoms with Gasteiger partial charge in [0, 0.05) is 12.2 Å². The van der Waals surface area contributed by atoms with Crippen LogP contribution in [0.15, 0.2) is 66.2 Å². The van der Waals surface area contributed by atoms with Crippen molar-refractivity contribution in [1.29, 1.82) is 0 Å². The molecule has 0 unspecified atom stereocenters. The Bertz CT molecular complexity index is 1290. The van der Waals surface area contributed by atoms with Crippen molar-refractivity contribution in [2.45, 2.75) is 20.0 Å². The SMILES string of the molecule is C=C(C)n1c(=O)n(CC(=O)Nc2ccccc2NCCn2cnnn2)c2ccccc21. The van der Waals surface area contributed by atoms with E-state index in [2.05, 4.69) is 32.7 Å². The molecule has 0 saturated heterocycles. The minimum atomic E-state index is -0.304. The van der Waals surface area contributed by atoms with E-state index in [0.717, 1.165) is 11.2 Å². The molecule has 0 aliphatic rings. The van der Waals surface area contributed by atoms with Gasteiger partial charge in [0.25, 0.3) is 0 Å². The third kappa shape index (κ3) is 4.22. The second-order valence-corrected chi connectivity index (χ2v) is 7.02. The van der Waals surface area contributed by atoms with Crippen LogP contribution in [0.2, 0.25) is 0 Å². The van der Waals surface area contributed by atoms with Gasteiger partial charge < -0.3 is 10.6 Å². The molecule has 0 bridgehead atoms. The number of nitrogens with one attached hydrogen (secondary N) is 2. The number of hydrogen-bond donors (Lipinski definition) is 2. The van der Waals surface area contributed by atoms with E-state index in [1.165, 1.54) is 15.5 Å². The Morgan fingerprint density at radius 3 is 2.48 bits per heavy atom. The number of carbonyl (C=O) groups excluding carboxylic acids is 1. The van der Waals surface area contributed by atoms with Crippen LogP contribution < -0.4 is 16.3 Å². The zero-order chi connectivity index (χ0) is 21.8. The van der Waals surface area contributed by atoms with Crippen molar-refractivity contribution >= 4 is 34.0 Å². The molecule has 1 amide bonds. The number of benzene rings is 2. The van der Waals surface area contributed by atoms with Gasteiger partial charge in [0.15, 0.2) is 0 Å². The third-order valence-corrected chi connectivity index (χ3v) is 4.77. The lowest BCUT2D eigenvalue weighted by atomic mass is 10.2. The van der Waals surface area contributed by atoms with Crippen LogP contribution in [-0.2, 0) is 17.9 Å². The van der Waals surface area contributed by atoms with Crippen LogP contribution in [0.25, 0.3) is 16.7 Å². The van der Waals surface area contributed by atoms with Gasteiger partial charge in [-0.05, 0) is 41.6 Å². The molecule has 10 heteroatoms. The maximum atomic E-state index is 12.9. The largest absolute Gasteiger partial charge is 0.382 e. The summed E-state index contributed by atoms with van der Waals surface area (Å²) >= 11 is 0. The van der Waals surface area contributed by atoms with Crippen molar-refractivity contribution in [3.8, 4) is 0 Å². The molecule has 4 aromatic rings. The first-order valence-electron chi connectivity index (χ1n) is 9.74. The van der Waals surface area contributed by atoms with Gasteiger partial charge in [0.05, 0.1) is 29.0 Å². The summed E-state index contributed by atoms with van der Waals surface area (Å²) in [6, 6.07) is 14.7. The molecule has 2 heterocycles. The molecule has 0 aliphatic carbocycles. The molecule has 2 aromatic heterocycles. The van der Waals surface area contributed by atoms with Crippen LogP contribution in [0.5, 0.6) is 0 Å². The van der Waals surface area contributed by atoms with Crippen molar-refractivity contribution in [2.75, 3.05) is 17.2 Å². The molecular weight excluding hydrogens is 396 g/mol. The van der Waals surface area contributed by atoms with Gasteiger partial charge in [-0.25, -0.2) is 9.48 Å². The van der Waals surface area contributed by atoms with Crippen LogP contribution in [-0.4, -0.2) is 41.8 Å². The number of hydrogen-bond acceptors (Lipinski definition) is 6. The summed E-state index contributed by atoms with van der Waals surface area (Å²) < 4.78 is 4.57. The Hall–Kier alpha value is -4.21. The lowest BCUT2D eigenvalue weighted by molar-refractivity contribution is -0.116. The predicted octanol–water partition coefficient (Wildman–Crippen LogP) is 2.03. The fraction of sp³-hybridized carbons (Fsp3) is 0.190. The minimum absolute atomic E-state index is 0.113. The molecule has 0 radical (unpaired) electrons. The van der Waals surface area contributed by atoms with Crippen LogP contribution in [0.1, 0.15) is 6.92 Å². The van der Waals surface area contributed by atoms with E-state index in [-0.39, 0.29) is 18.1 Å². The highest BCUT2D eigenvalue weighted by Crippen LogP contribution is 2.21. The highest BCUT2D eigenvalue weighted by atomic mass is 16.2. The van der Waals surface area contributed by atoms with Crippen molar-refractivity contribution in [2.24, 2.45) is 0 Å². The molecule has 0 spiro atoms. The van der Waals surface area contributed by atoms with E-state index in [4.69, 9.17) is 0 Å². The average molecular weight is 418 g/mol. The Morgan fingerprint density at radius 1 is 1.06 bits per heavy atom. The Kier molecular flexibility index (Phi) is 5.61. The lowest BCUT2D eigenvalue weighted by Crippen LogP contribution is -2.29. The van der Waals surface area contributed by atoms with Crippen LogP contribution in [0.4, 0.5) is 11.4 Å². The minimum Gasteiger partial charge on any atom is -0.382 e. The normalized spacial score (nSPS) is 10.9. The zero-order valence-electron chi connectivity index (χ0n) is 17.0. The molecule has 0 fully saturated rings. The number of anilines is 2. The van der Waals surface area contributed by atoms with Crippen LogP contribution in [0.3, 0.4) is 0 Å². The summed E-state index contributed by atoms with van der Waals surface area (Å²) in [6.07, 6.45) is 1.54. The second-order valence-electron chi connectivity index (χ2n) is 7.02. The van der Waals surface area contributed by atoms with Gasteiger partial charge in [-0.1, -0.05) is 30.8 Å². The third-order valence-electron chi connectivity index (χ3n) is 4.77. The molecule has 0 saturated carbocycles. The average Bonchev–Trinajstić information content (AvgIpc) is 3.36. The number of aromatic nitrogens is 6. The molecule has 158 valence electrons. The molecular formula is C21H22N8O2. The Labute approximate surface area is 177 Å². The molecule has 2 N–H and O–H groups in total. The number of carbonyl (C=O) groups is 1. The number of fused-ring (bicyclic) bond motifs is 1. The first-order chi connectivity index (χ1) is 15.0. The van der Waals surface area contributed by atoms with Gasteiger partial charge in [-0.3, -0.25) is 13.9 Å². The van der Waals surface area contributed by atoms with Gasteiger partial charge in [-0.15, -0.1) is 5.10 Å². The summed E-state index contributed by atoms with van der Waals surface area (Å²) in [4.78, 5) is 25.7. The lowest BCUT2D eigenvalue weighted by Gasteiger charge is -2.13. The summed E-state index contributed by atoms with van der Waals surface area (Å²) in [5.41, 5.74) is 3.09. The summed E-state index contributed by atoms with van der Waals surface area (Å²) in [5, 5.41) is 17.2. The van der Waals surface area contributed by atoms with Crippen molar-refractivity contribution in [3.63, 3.8) is 0 Å². The van der Waals surface area contributed by atoms with E-state index >= 15 is 0 Å². The van der Waals surface area contributed by atoms with Gasteiger partial charge in [-0.2, -0.15) is 0 Å². The van der Waals surface area contributed by atoms with E-state index in [9.17, 15) is 9.59 Å². The smallest absolute Gasteiger partial charge is 0.333 e. The van der Waals surface area contributed by atoms with Crippen LogP contribution >= 0.6 is 0 Å². The quantitative estimate of drug-likeness (QED) is 0.453. The van der Waals surface area contributed by atoms with Gasteiger partial charge >= 0.3 is 5.69 Å². The first kappa shape index (κ1) is 20.1. The molecule has 0 aliphatic heterocycles. The van der Waals surface area contributed by atoms with E-state index in [1.54, 1.807) is 17.7 Å². The highest BCUT2D eigenvalue weighted by molar-refractivity contribution is 5.95. The van der Waals surface area contributed by atoms with Crippen LogP contribution in [0, 0.1) is 0 Å². The summed E-state index contributed by atoms with van der Waals surface area (Å²) in [7, 11) is 0. The number of allylic oxidation sites excluding steroid dienone is 1. The van der Waals surface area contributed by atoms with E-state index in [0.29, 0.717) is 30.0 Å². The number of nitrogens with zero attached hydrogens (tertiary/aromatic N) is 6. The van der Waals surface area contributed by atoms with E-state index in [1.807, 2.05) is 42.5 Å². The molecule has 0 atom stereocenters. The highest BCUT2D eigenvalue weighted by Gasteiger charge is 2.16. The number of para-hydroxylation sites is 4. The van der Waals surface area contributed by atoms with Crippen molar-refractivity contribution < 1.29 is 4.79 Å². The standard InChI is InChI=1S/C21H22N8O2/c1-15(2)29-19-10-6-5-9-18(19)28(21(29)31)13-20(30)24-17-8-4-3-7-16(17)22-11-12-27-14-23-25-26-27/h3-10,14,22H,1,11-13H2,2H3,(H,24,30). The monoisotopic (exact) mass is 418 g/mol. The van der Waals surface area contributed by atoms with Crippen molar-refractivity contribution in [1.82, 2.24) is 29.3 Å². The fourth-order valence-corrected chi connectivity index (χ4v) is 3.40. The molecule has 4 rings (SSSR count). The maximum absolute atomic E-state index is 12.9. The number of rotatable bonds is 8. The Morgan fingerprint density at radius 2 is 1.77 bits per heavy atom. The fourth-order valence-electron chi connectivity index (χ4n) is 3.40. The van der Waals surface area contributed by atoms with Crippen molar-refractivity contribution in [3.05, 3.63) is 71.9 Å². The summed E-state index contributed by atoms with van der Waals surface area (Å²) in [6.45, 7) is 6.68. The predicted molar refractivity (Wildman–Crippen MR) is 119 cm³/mol. The molecule has 10 nitrogen and oxygen atoms in total. The first-order valence-corrected chi connectivity index (χ1v) is 9.74. The zero-order valence-corrected chi connectivity index (χ0v) is 17.0. The number of amides is 1. The Balaban J connectivity index is 1.51. The van der Waals surface area contributed by atoms with Gasteiger partial charge in [0.1, 0.15) is 12.9 Å². The number of imidazole rings is 1. The topological polar surface area (TPSA) is 112 Å². The second kappa shape index (κ2) is 8.66. The number of tetrazole rings is 1. The maximum Gasteiger partial charge on any atom is 0.333 e. The molecule has 2 aromatic carbocycles. The molecule has 31 heavy (non-hydrogen) atoms. The summed E-state index contributed by atoms with van der Waals surface area (Å²) in [5.74, 6) is -0.304. The van der Waals surface area contributed by atoms with E-state index < -0.39 is 0 Å². The van der Waals surface area contributed by atoms with Gasteiger partial charge in [0.2, 0.25) is 5.91 Å².